The van der Waals surface area contributed by atoms with Gasteiger partial charge in [0.05, 0.1) is 17.8 Å². The second kappa shape index (κ2) is 5.54. The van der Waals surface area contributed by atoms with Gasteiger partial charge in [0, 0.05) is 5.56 Å². The molecule has 6 heteroatoms. The Morgan fingerprint density at radius 1 is 1.50 bits per heavy atom. The number of hydrogen-bond donors (Lipinski definition) is 1. The molecule has 0 spiro atoms. The van der Waals surface area contributed by atoms with E-state index >= 15 is 0 Å². The summed E-state index contributed by atoms with van der Waals surface area (Å²) in [5, 5.41) is 17.8. The molecule has 1 aromatic heterocycles. The van der Waals surface area contributed by atoms with Crippen molar-refractivity contribution in [3.8, 4) is 17.4 Å². The van der Waals surface area contributed by atoms with Crippen molar-refractivity contribution in [1.29, 1.82) is 5.26 Å². The summed E-state index contributed by atoms with van der Waals surface area (Å²) in [6, 6.07) is 7.48. The second-order valence-electron chi connectivity index (χ2n) is 4.52. The monoisotopic (exact) mass is 262 g/mol. The third-order valence-electron chi connectivity index (χ3n) is 3.15. The van der Waals surface area contributed by atoms with Crippen LogP contribution in [0.3, 0.4) is 0 Å². The van der Waals surface area contributed by atoms with Crippen molar-refractivity contribution in [2.45, 2.75) is 18.8 Å². The normalized spacial score (nSPS) is 13.3. The van der Waals surface area contributed by atoms with Crippen molar-refractivity contribution < 1.29 is 34.6 Å². The van der Waals surface area contributed by atoms with Crippen LogP contribution in [-0.4, -0.2) is 16.1 Å². The van der Waals surface area contributed by atoms with Gasteiger partial charge in [-0.25, -0.2) is 9.78 Å². The van der Waals surface area contributed by atoms with Crippen LogP contribution in [0.4, 0.5) is 0 Å². The number of nitrogens with zero attached hydrogens (tertiary/aromatic N) is 2. The fourth-order valence-corrected chi connectivity index (χ4v) is 2.09. The Balaban J connectivity index is 0.00000110. The van der Waals surface area contributed by atoms with E-state index in [9.17, 15) is 4.79 Å². The maximum atomic E-state index is 10.8. The largest absolute Gasteiger partial charge is 1.00 e. The van der Waals surface area contributed by atoms with Gasteiger partial charge < -0.3 is 11.0 Å². The molecule has 1 saturated carbocycles. The average Bonchev–Trinajstić information content (AvgIpc) is 3.14. The molecule has 96 valence electrons. The summed E-state index contributed by atoms with van der Waals surface area (Å²) in [5.41, 5.74) is 2.38. The van der Waals surface area contributed by atoms with Gasteiger partial charge in [-0.1, -0.05) is 6.07 Å². The summed E-state index contributed by atoms with van der Waals surface area (Å²) >= 11 is 0. The molecule has 0 unspecified atom stereocenters. The SMILES string of the molecule is N#Cc1ccc(C2CC2)c(-c2cnc(C(=O)O)o2)c1.[H-].[Li+]. The minimum Gasteiger partial charge on any atom is -1.00 e. The Labute approximate surface area is 128 Å². The van der Waals surface area contributed by atoms with Crippen molar-refractivity contribution in [2.24, 2.45) is 0 Å². The smallest absolute Gasteiger partial charge is 1.00 e. The first-order valence-electron chi connectivity index (χ1n) is 5.92. The van der Waals surface area contributed by atoms with Gasteiger partial charge >= 0.3 is 30.7 Å². The van der Waals surface area contributed by atoms with E-state index in [-0.39, 0.29) is 26.2 Å². The topological polar surface area (TPSA) is 87.1 Å². The molecule has 0 aliphatic heterocycles. The minimum absolute atomic E-state index is 0. The molecule has 0 atom stereocenters. The zero-order chi connectivity index (χ0) is 13.4. The van der Waals surface area contributed by atoms with Gasteiger partial charge in [-0.15, -0.1) is 0 Å². The van der Waals surface area contributed by atoms with Gasteiger partial charge in [0.25, 0.3) is 0 Å². The maximum absolute atomic E-state index is 10.8. The number of aromatic nitrogens is 1. The Hall–Kier alpha value is -2.01. The van der Waals surface area contributed by atoms with Crippen LogP contribution in [0.15, 0.2) is 28.8 Å². The number of aromatic carboxylic acids is 1. The van der Waals surface area contributed by atoms with Crippen LogP contribution in [0.5, 0.6) is 0 Å². The van der Waals surface area contributed by atoms with E-state index in [0.29, 0.717) is 17.2 Å². The van der Waals surface area contributed by atoms with Crippen LogP contribution in [0, 0.1) is 11.3 Å². The van der Waals surface area contributed by atoms with Gasteiger partial charge in [-0.05, 0) is 36.5 Å². The quantitative estimate of drug-likeness (QED) is 0.781. The zero-order valence-electron chi connectivity index (χ0n) is 12.0. The van der Waals surface area contributed by atoms with Gasteiger partial charge in [0.2, 0.25) is 0 Å². The molecule has 2 aromatic rings. The second-order valence-corrected chi connectivity index (χ2v) is 4.52. The van der Waals surface area contributed by atoms with E-state index in [0.717, 1.165) is 24.0 Å². The number of carboxylic acid groups (broad SMARTS) is 1. The minimum atomic E-state index is -1.20. The van der Waals surface area contributed by atoms with Crippen LogP contribution in [0.2, 0.25) is 0 Å². The van der Waals surface area contributed by atoms with Crippen LogP contribution in [0.1, 0.15) is 42.0 Å². The number of benzene rings is 1. The summed E-state index contributed by atoms with van der Waals surface area (Å²) in [4.78, 5) is 14.5. The van der Waals surface area contributed by atoms with Gasteiger partial charge in [0.1, 0.15) is 0 Å². The summed E-state index contributed by atoms with van der Waals surface area (Å²) in [7, 11) is 0. The molecular weight excluding hydrogens is 251 g/mol. The predicted octanol–water partition coefficient (Wildman–Crippen LogP) is -0.0946. The molecule has 1 aliphatic rings. The number of carbonyl (C=O) groups is 1. The van der Waals surface area contributed by atoms with Crippen LogP contribution < -0.4 is 18.9 Å². The third-order valence-corrected chi connectivity index (χ3v) is 3.15. The number of nitriles is 1. The van der Waals surface area contributed by atoms with Crippen molar-refractivity contribution in [2.75, 3.05) is 0 Å². The fraction of sp³-hybridized carbons (Fsp3) is 0.214. The van der Waals surface area contributed by atoms with Crippen molar-refractivity contribution in [1.82, 2.24) is 4.98 Å². The summed E-state index contributed by atoms with van der Waals surface area (Å²) in [6.45, 7) is 0. The first-order valence-corrected chi connectivity index (χ1v) is 5.92. The molecule has 0 bridgehead atoms. The van der Waals surface area contributed by atoms with E-state index in [2.05, 4.69) is 11.1 Å². The molecule has 1 aromatic carbocycles. The standard InChI is InChI=1S/C14H10N2O3.Li.H/c15-6-8-1-4-10(9-2-3-9)11(5-8)12-7-16-13(19-12)14(17)18;;/h1,4-5,7,9H,2-3H2,(H,17,18);;/q;+1;-1. The Morgan fingerprint density at radius 3 is 2.80 bits per heavy atom. The Morgan fingerprint density at radius 2 is 2.25 bits per heavy atom. The molecule has 1 N–H and O–H groups in total. The number of oxazole rings is 1. The average molecular weight is 262 g/mol. The molecular formula is C14H11LiN2O3. The molecule has 3 rings (SSSR count). The molecule has 0 radical (unpaired) electrons. The third kappa shape index (κ3) is 2.62. The van der Waals surface area contributed by atoms with Crippen molar-refractivity contribution >= 4 is 5.97 Å². The van der Waals surface area contributed by atoms with Gasteiger partial charge in [-0.2, -0.15) is 5.26 Å². The first-order chi connectivity index (χ1) is 9.19. The van der Waals surface area contributed by atoms with E-state index in [1.165, 1.54) is 6.20 Å². The summed E-state index contributed by atoms with van der Waals surface area (Å²) < 4.78 is 5.23. The number of hydrogen-bond acceptors (Lipinski definition) is 4. The van der Waals surface area contributed by atoms with Gasteiger partial charge in [-0.3, -0.25) is 0 Å². The fourth-order valence-electron chi connectivity index (χ4n) is 2.09. The van der Waals surface area contributed by atoms with Crippen molar-refractivity contribution in [3.63, 3.8) is 0 Å². The number of carboxylic acids is 1. The van der Waals surface area contributed by atoms with Crippen molar-refractivity contribution in [3.05, 3.63) is 41.4 Å². The zero-order valence-corrected chi connectivity index (χ0v) is 11.0. The Kier molecular flexibility index (Phi) is 3.99. The molecule has 1 fully saturated rings. The van der Waals surface area contributed by atoms with Crippen LogP contribution in [0.25, 0.3) is 11.3 Å². The molecule has 1 heterocycles. The van der Waals surface area contributed by atoms with Crippen LogP contribution in [-0.2, 0) is 0 Å². The molecule has 0 saturated heterocycles. The van der Waals surface area contributed by atoms with Crippen LogP contribution >= 0.6 is 0 Å². The Bertz CT molecular complexity index is 704. The van der Waals surface area contributed by atoms with E-state index in [4.69, 9.17) is 14.8 Å². The molecule has 0 amide bonds. The van der Waals surface area contributed by atoms with E-state index in [1.54, 1.807) is 12.1 Å². The first kappa shape index (κ1) is 14.4. The van der Waals surface area contributed by atoms with Gasteiger partial charge in [0.15, 0.2) is 5.76 Å². The number of rotatable bonds is 3. The maximum Gasteiger partial charge on any atom is 1.00 e. The molecule has 5 nitrogen and oxygen atoms in total. The predicted molar refractivity (Wildman–Crippen MR) is 66.7 cm³/mol. The summed E-state index contributed by atoms with van der Waals surface area (Å²) in [6.07, 6.45) is 3.61. The molecule has 1 aliphatic carbocycles. The summed E-state index contributed by atoms with van der Waals surface area (Å²) in [5.74, 6) is -0.660. The van der Waals surface area contributed by atoms with E-state index < -0.39 is 5.97 Å². The molecule has 20 heavy (non-hydrogen) atoms. The van der Waals surface area contributed by atoms with E-state index in [1.807, 2.05) is 6.07 Å².